The Morgan fingerprint density at radius 1 is 1.37 bits per heavy atom. The number of Topliss-reactive ketones (excluding diaryl/α,β-unsaturated/α-hetero) is 1. The number of amides is 1. The molecule has 4 heteroatoms. The zero-order valence-electron chi connectivity index (χ0n) is 11.0. The second kappa shape index (κ2) is 4.78. The summed E-state index contributed by atoms with van der Waals surface area (Å²) in [6.07, 6.45) is 0.525. The molecule has 4 nitrogen and oxygen atoms in total. The second-order valence-corrected chi connectivity index (χ2v) is 5.20. The van der Waals surface area contributed by atoms with Gasteiger partial charge in [-0.1, -0.05) is 24.3 Å². The van der Waals surface area contributed by atoms with Crippen molar-refractivity contribution in [1.82, 2.24) is 4.90 Å². The Balaban J connectivity index is 1.80. The molecule has 0 aromatic heterocycles. The third-order valence-electron chi connectivity index (χ3n) is 4.01. The summed E-state index contributed by atoms with van der Waals surface area (Å²) in [7, 11) is 0. The molecular formula is C15H17NO3. The van der Waals surface area contributed by atoms with Crippen LogP contribution >= 0.6 is 0 Å². The Labute approximate surface area is 112 Å². The number of ether oxygens (including phenoxy) is 1. The molecular weight excluding hydrogens is 242 g/mol. The lowest BCUT2D eigenvalue weighted by atomic mass is 9.93. The second-order valence-electron chi connectivity index (χ2n) is 5.20. The Kier molecular flexibility index (Phi) is 3.11. The molecule has 2 heterocycles. The summed E-state index contributed by atoms with van der Waals surface area (Å²) >= 11 is 0. The fraction of sp³-hybridized carbons (Fsp3) is 0.467. The largest absolute Gasteiger partial charge is 0.360 e. The van der Waals surface area contributed by atoms with E-state index in [0.717, 1.165) is 6.42 Å². The van der Waals surface area contributed by atoms with Crippen LogP contribution in [0.15, 0.2) is 24.3 Å². The summed E-state index contributed by atoms with van der Waals surface area (Å²) in [4.78, 5) is 25.5. The van der Waals surface area contributed by atoms with Crippen molar-refractivity contribution in [2.24, 2.45) is 0 Å². The summed E-state index contributed by atoms with van der Waals surface area (Å²) in [6, 6.07) is 8.26. The number of ketones is 1. The van der Waals surface area contributed by atoms with E-state index in [9.17, 15) is 9.59 Å². The van der Waals surface area contributed by atoms with Crippen LogP contribution in [-0.4, -0.2) is 35.8 Å². The van der Waals surface area contributed by atoms with Gasteiger partial charge in [0.05, 0.1) is 6.04 Å². The summed E-state index contributed by atoms with van der Waals surface area (Å²) < 4.78 is 5.28. The predicted molar refractivity (Wildman–Crippen MR) is 69.6 cm³/mol. The van der Waals surface area contributed by atoms with Crippen LogP contribution in [-0.2, 0) is 20.7 Å². The lowest BCUT2D eigenvalue weighted by molar-refractivity contribution is -0.143. The van der Waals surface area contributed by atoms with Crippen LogP contribution in [0.25, 0.3) is 0 Å². The minimum Gasteiger partial charge on any atom is -0.360 e. The van der Waals surface area contributed by atoms with E-state index in [1.807, 2.05) is 24.0 Å². The molecule has 1 aromatic carbocycles. The normalized spacial score (nSPS) is 26.4. The maximum Gasteiger partial charge on any atom is 0.252 e. The lowest BCUT2D eigenvalue weighted by Gasteiger charge is -2.36. The Hall–Kier alpha value is -1.68. The minimum atomic E-state index is -0.569. The molecule has 3 rings (SSSR count). The summed E-state index contributed by atoms with van der Waals surface area (Å²) in [5.74, 6) is -0.0312. The van der Waals surface area contributed by atoms with E-state index in [2.05, 4.69) is 12.1 Å². The van der Waals surface area contributed by atoms with Crippen LogP contribution in [0.2, 0.25) is 0 Å². The third-order valence-corrected chi connectivity index (χ3v) is 4.01. The highest BCUT2D eigenvalue weighted by atomic mass is 16.5. The number of benzene rings is 1. The van der Waals surface area contributed by atoms with Crippen LogP contribution in [0.4, 0.5) is 0 Å². The number of hydrogen-bond donors (Lipinski definition) is 0. The average molecular weight is 259 g/mol. The van der Waals surface area contributed by atoms with Gasteiger partial charge in [-0.2, -0.15) is 0 Å². The number of carbonyl (C=O) groups is 2. The molecule has 0 saturated carbocycles. The molecule has 0 unspecified atom stereocenters. The van der Waals surface area contributed by atoms with Crippen LogP contribution in [0.5, 0.6) is 0 Å². The smallest absolute Gasteiger partial charge is 0.252 e. The van der Waals surface area contributed by atoms with Crippen molar-refractivity contribution in [3.63, 3.8) is 0 Å². The highest BCUT2D eigenvalue weighted by Crippen LogP contribution is 2.30. The predicted octanol–water partition coefficient (Wildman–Crippen LogP) is 1.49. The van der Waals surface area contributed by atoms with E-state index >= 15 is 0 Å². The van der Waals surface area contributed by atoms with Crippen LogP contribution < -0.4 is 0 Å². The number of nitrogens with zero attached hydrogens (tertiary/aromatic N) is 1. The van der Waals surface area contributed by atoms with Gasteiger partial charge >= 0.3 is 0 Å². The number of rotatable bonds is 1. The van der Waals surface area contributed by atoms with Crippen molar-refractivity contribution in [3.8, 4) is 0 Å². The van der Waals surface area contributed by atoms with Gasteiger partial charge in [0.15, 0.2) is 5.78 Å². The molecule has 1 fully saturated rings. The fourth-order valence-electron chi connectivity index (χ4n) is 2.93. The molecule has 1 saturated heterocycles. The van der Waals surface area contributed by atoms with Crippen molar-refractivity contribution in [2.45, 2.75) is 31.9 Å². The van der Waals surface area contributed by atoms with E-state index in [-0.39, 0.29) is 30.8 Å². The maximum atomic E-state index is 12.4. The molecule has 2 atom stereocenters. The lowest BCUT2D eigenvalue weighted by Crippen LogP contribution is -2.44. The van der Waals surface area contributed by atoms with Crippen molar-refractivity contribution >= 4 is 11.7 Å². The Bertz CT molecular complexity index is 526. The Morgan fingerprint density at radius 2 is 2.16 bits per heavy atom. The van der Waals surface area contributed by atoms with Gasteiger partial charge in [-0.05, 0) is 24.5 Å². The molecule has 100 valence electrons. The van der Waals surface area contributed by atoms with Gasteiger partial charge in [0.25, 0.3) is 5.91 Å². The average Bonchev–Trinajstić information content (AvgIpc) is 2.85. The highest BCUT2D eigenvalue weighted by molar-refractivity contribution is 5.91. The molecule has 0 bridgehead atoms. The number of carbonyl (C=O) groups excluding carboxylic acids is 2. The summed E-state index contributed by atoms with van der Waals surface area (Å²) in [5, 5.41) is 0. The Morgan fingerprint density at radius 3 is 2.89 bits per heavy atom. The van der Waals surface area contributed by atoms with E-state index in [0.29, 0.717) is 6.54 Å². The summed E-state index contributed by atoms with van der Waals surface area (Å²) in [5.41, 5.74) is 2.51. The van der Waals surface area contributed by atoms with Crippen molar-refractivity contribution in [2.75, 3.05) is 13.2 Å². The zero-order valence-corrected chi connectivity index (χ0v) is 11.0. The first-order chi connectivity index (χ1) is 9.16. The minimum absolute atomic E-state index is 0.0170. The fourth-order valence-corrected chi connectivity index (χ4v) is 2.93. The first-order valence-electron chi connectivity index (χ1n) is 6.68. The van der Waals surface area contributed by atoms with Crippen LogP contribution in [0.3, 0.4) is 0 Å². The van der Waals surface area contributed by atoms with Crippen molar-refractivity contribution < 1.29 is 14.3 Å². The topological polar surface area (TPSA) is 46.6 Å². The summed E-state index contributed by atoms with van der Waals surface area (Å²) in [6.45, 7) is 2.81. The quantitative estimate of drug-likeness (QED) is 0.767. The van der Waals surface area contributed by atoms with Gasteiger partial charge in [-0.25, -0.2) is 0 Å². The van der Waals surface area contributed by atoms with Gasteiger partial charge in [-0.3, -0.25) is 9.59 Å². The molecule has 0 aliphatic carbocycles. The van der Waals surface area contributed by atoms with Crippen molar-refractivity contribution in [1.29, 1.82) is 0 Å². The molecule has 0 spiro atoms. The van der Waals surface area contributed by atoms with Crippen LogP contribution in [0.1, 0.15) is 30.5 Å². The molecule has 1 amide bonds. The molecule has 1 aromatic rings. The van der Waals surface area contributed by atoms with Gasteiger partial charge in [0.1, 0.15) is 12.7 Å². The molecule has 19 heavy (non-hydrogen) atoms. The standard InChI is InChI=1S/C15H17NO3/c1-10-13-5-3-2-4-11(13)6-7-16(10)15(18)14-8-12(17)9-19-14/h2-5,10,14H,6-9H2,1H3/t10-,14-/m0/s1. The van der Waals surface area contributed by atoms with Gasteiger partial charge in [0, 0.05) is 13.0 Å². The third kappa shape index (κ3) is 2.16. The van der Waals surface area contributed by atoms with Gasteiger partial charge in [-0.15, -0.1) is 0 Å². The van der Waals surface area contributed by atoms with E-state index in [1.165, 1.54) is 11.1 Å². The van der Waals surface area contributed by atoms with E-state index < -0.39 is 6.10 Å². The zero-order chi connectivity index (χ0) is 13.4. The molecule has 2 aliphatic heterocycles. The molecule has 2 aliphatic rings. The molecule has 0 N–H and O–H groups in total. The SMILES string of the molecule is C[C@H]1c2ccccc2CCN1C(=O)[C@@H]1CC(=O)CO1. The number of fused-ring (bicyclic) bond motifs is 1. The highest BCUT2D eigenvalue weighted by Gasteiger charge is 2.36. The first-order valence-corrected chi connectivity index (χ1v) is 6.68. The number of hydrogen-bond acceptors (Lipinski definition) is 3. The van der Waals surface area contributed by atoms with E-state index in [4.69, 9.17) is 4.74 Å². The van der Waals surface area contributed by atoms with Crippen molar-refractivity contribution in [3.05, 3.63) is 35.4 Å². The van der Waals surface area contributed by atoms with Gasteiger partial charge < -0.3 is 9.64 Å². The first kappa shape index (κ1) is 12.4. The van der Waals surface area contributed by atoms with Crippen LogP contribution in [0, 0.1) is 0 Å². The molecule has 0 radical (unpaired) electrons. The van der Waals surface area contributed by atoms with Gasteiger partial charge in [0.2, 0.25) is 0 Å². The monoisotopic (exact) mass is 259 g/mol. The van der Waals surface area contributed by atoms with E-state index in [1.54, 1.807) is 0 Å². The maximum absolute atomic E-state index is 12.4.